The molecule has 4 nitrogen and oxygen atoms in total. The first kappa shape index (κ1) is 40.8. The van der Waals surface area contributed by atoms with Crippen molar-refractivity contribution in [1.82, 2.24) is 9.13 Å². The summed E-state index contributed by atoms with van der Waals surface area (Å²) in [5.74, 6) is 3.32. The topological polar surface area (TPSA) is 28.3 Å². The highest BCUT2D eigenvalue weighted by atomic mass is 28.3. The number of fused-ring (bicyclic) bond motifs is 10. The zero-order valence-corrected chi connectivity index (χ0v) is 40.1. The SMILES string of the molecule is c1ccc([Si](c2ccccc2)(c2ccccc2)c2cccc(-c3cccc4c3Oc3cc(-n5c6ccccc6c6cccc(-n7c8ccccc8c8ccccc87)c65)cc5c3B4c3ccccc3O5)c2)cc1. The van der Waals surface area contributed by atoms with Crippen LogP contribution in [0.1, 0.15) is 0 Å². The van der Waals surface area contributed by atoms with Crippen LogP contribution in [-0.2, 0) is 0 Å². The van der Waals surface area contributed by atoms with E-state index in [1.165, 1.54) is 53.3 Å². The van der Waals surface area contributed by atoms with E-state index in [-0.39, 0.29) is 6.71 Å². The Morgan fingerprint density at radius 3 is 1.49 bits per heavy atom. The Labute approximate surface area is 418 Å². The smallest absolute Gasteiger partial charge is 0.260 e. The number of ether oxygens (including phenoxy) is 2. The van der Waals surface area contributed by atoms with Crippen molar-refractivity contribution in [1.29, 1.82) is 0 Å². The van der Waals surface area contributed by atoms with E-state index < -0.39 is 8.07 Å². The minimum atomic E-state index is -2.82. The van der Waals surface area contributed by atoms with Gasteiger partial charge in [-0.05, 0) is 67.6 Å². The zero-order chi connectivity index (χ0) is 47.3. The van der Waals surface area contributed by atoms with Gasteiger partial charge < -0.3 is 18.6 Å². The minimum Gasteiger partial charge on any atom is -0.458 e. The maximum absolute atomic E-state index is 7.50. The molecule has 0 aliphatic carbocycles. The molecule has 0 N–H and O–H groups in total. The molecular formula is C66H43BN2O2Si. The van der Waals surface area contributed by atoms with E-state index in [4.69, 9.17) is 9.47 Å². The van der Waals surface area contributed by atoms with Crippen LogP contribution in [0.4, 0.5) is 0 Å². The van der Waals surface area contributed by atoms with Crippen molar-refractivity contribution in [3.05, 3.63) is 261 Å². The second-order valence-electron chi connectivity index (χ2n) is 19.1. The highest BCUT2D eigenvalue weighted by Crippen LogP contribution is 2.44. The fourth-order valence-electron chi connectivity index (χ4n) is 12.4. The van der Waals surface area contributed by atoms with Crippen LogP contribution in [0.25, 0.3) is 66.1 Å². The summed E-state index contributed by atoms with van der Waals surface area (Å²) in [6, 6.07) is 95.4. The molecule has 0 atom stereocenters. The van der Waals surface area contributed by atoms with Crippen LogP contribution in [0.3, 0.4) is 0 Å². The van der Waals surface area contributed by atoms with Crippen molar-refractivity contribution in [3.8, 4) is 45.5 Å². The van der Waals surface area contributed by atoms with Crippen molar-refractivity contribution >= 4 is 95.5 Å². The summed E-state index contributed by atoms with van der Waals surface area (Å²) in [5, 5.41) is 10.1. The van der Waals surface area contributed by atoms with Gasteiger partial charge in [-0.15, -0.1) is 0 Å². The predicted molar refractivity (Wildman–Crippen MR) is 302 cm³/mol. The second kappa shape index (κ2) is 16.0. The van der Waals surface area contributed by atoms with Gasteiger partial charge in [-0.1, -0.05) is 218 Å². The molecule has 336 valence electrons. The lowest BCUT2D eigenvalue weighted by molar-refractivity contribution is 0.465. The molecule has 15 rings (SSSR count). The largest absolute Gasteiger partial charge is 0.458 e. The number of para-hydroxylation sites is 6. The summed E-state index contributed by atoms with van der Waals surface area (Å²) in [5.41, 5.74) is 12.1. The summed E-state index contributed by atoms with van der Waals surface area (Å²) < 4.78 is 19.4. The molecule has 13 aromatic rings. The molecule has 0 bridgehead atoms. The van der Waals surface area contributed by atoms with Gasteiger partial charge in [0.25, 0.3) is 6.71 Å². The molecule has 2 aliphatic heterocycles. The monoisotopic (exact) mass is 934 g/mol. The highest BCUT2D eigenvalue weighted by Gasteiger charge is 2.43. The lowest BCUT2D eigenvalue weighted by Gasteiger charge is -2.35. The number of aromatic nitrogens is 2. The van der Waals surface area contributed by atoms with Gasteiger partial charge in [-0.3, -0.25) is 0 Å². The normalized spacial score (nSPS) is 12.6. The lowest BCUT2D eigenvalue weighted by Crippen LogP contribution is -2.74. The van der Waals surface area contributed by atoms with E-state index in [1.54, 1.807) is 0 Å². The second-order valence-corrected chi connectivity index (χ2v) is 22.9. The Morgan fingerprint density at radius 2 is 0.833 bits per heavy atom. The molecule has 4 heterocycles. The highest BCUT2D eigenvalue weighted by molar-refractivity contribution is 7.20. The average Bonchev–Trinajstić information content (AvgIpc) is 3.97. The molecule has 2 aliphatic rings. The van der Waals surface area contributed by atoms with Gasteiger partial charge in [0.2, 0.25) is 0 Å². The first-order chi connectivity index (χ1) is 35.7. The van der Waals surface area contributed by atoms with Crippen molar-refractivity contribution in [2.24, 2.45) is 0 Å². The molecule has 0 unspecified atom stereocenters. The molecule has 0 spiro atoms. The van der Waals surface area contributed by atoms with Gasteiger partial charge in [-0.25, -0.2) is 0 Å². The van der Waals surface area contributed by atoms with Gasteiger partial charge in [0.1, 0.15) is 23.0 Å². The third-order valence-corrected chi connectivity index (χ3v) is 20.2. The van der Waals surface area contributed by atoms with E-state index in [1.807, 2.05) is 0 Å². The third-order valence-electron chi connectivity index (χ3n) is 15.4. The number of nitrogens with zero attached hydrogens (tertiary/aromatic N) is 2. The number of benzene rings is 11. The first-order valence-electron chi connectivity index (χ1n) is 24.8. The molecule has 2 aromatic heterocycles. The quantitative estimate of drug-likeness (QED) is 0.118. The van der Waals surface area contributed by atoms with Crippen LogP contribution < -0.4 is 46.6 Å². The third kappa shape index (κ3) is 5.87. The fourth-order valence-corrected chi connectivity index (χ4v) is 17.2. The van der Waals surface area contributed by atoms with Crippen molar-refractivity contribution in [3.63, 3.8) is 0 Å². The van der Waals surface area contributed by atoms with E-state index in [0.29, 0.717) is 0 Å². The van der Waals surface area contributed by atoms with Crippen LogP contribution in [0, 0.1) is 0 Å². The molecule has 11 aromatic carbocycles. The summed E-state index contributed by atoms with van der Waals surface area (Å²) in [4.78, 5) is 0. The summed E-state index contributed by atoms with van der Waals surface area (Å²) in [6.45, 7) is -0.112. The van der Waals surface area contributed by atoms with Crippen LogP contribution >= 0.6 is 0 Å². The Hall–Kier alpha value is -9.10. The van der Waals surface area contributed by atoms with E-state index in [9.17, 15) is 0 Å². The predicted octanol–water partition coefficient (Wildman–Crippen LogP) is 11.7. The van der Waals surface area contributed by atoms with Crippen LogP contribution in [0.15, 0.2) is 261 Å². The van der Waals surface area contributed by atoms with Crippen molar-refractivity contribution in [2.75, 3.05) is 0 Å². The Kier molecular flexibility index (Phi) is 9.04. The maximum atomic E-state index is 7.50. The molecule has 6 heteroatoms. The lowest BCUT2D eigenvalue weighted by atomic mass is 9.34. The fraction of sp³-hybridized carbons (Fsp3) is 0. The van der Waals surface area contributed by atoms with Crippen LogP contribution in [0.2, 0.25) is 0 Å². The molecular weight excluding hydrogens is 892 g/mol. The maximum Gasteiger partial charge on any atom is 0.260 e. The van der Waals surface area contributed by atoms with Crippen molar-refractivity contribution < 1.29 is 9.47 Å². The van der Waals surface area contributed by atoms with Gasteiger partial charge in [0.15, 0.2) is 8.07 Å². The Morgan fingerprint density at radius 1 is 0.347 bits per heavy atom. The Bertz CT molecular complexity index is 4150. The number of hydrogen-bond donors (Lipinski definition) is 0. The molecule has 0 amide bonds. The molecule has 0 saturated heterocycles. The van der Waals surface area contributed by atoms with E-state index in [2.05, 4.69) is 270 Å². The van der Waals surface area contributed by atoms with Gasteiger partial charge >= 0.3 is 0 Å². The summed E-state index contributed by atoms with van der Waals surface area (Å²) in [7, 11) is -2.82. The number of hydrogen-bond acceptors (Lipinski definition) is 2. The molecule has 0 radical (unpaired) electrons. The standard InChI is InChI=1S/C66H43BN2O2Si/c1-4-22-46(23-5-1)72(47-24-6-2-7-25-47,48-26-8-3-9-27-48)49-28-18-21-44(41-49)50-32-19-35-56-66(50)71-63-43-45(42-62-64(63)67(56)55-34-13-17-40-61(55)70-62)68-57-36-14-12-31-53(57)54-33-20-39-60(65(54)68)69-58-37-15-10-29-51(58)52-30-11-16-38-59(52)69/h1-43H. The summed E-state index contributed by atoms with van der Waals surface area (Å²) in [6.07, 6.45) is 0. The van der Waals surface area contributed by atoms with E-state index in [0.717, 1.165) is 72.9 Å². The average molecular weight is 935 g/mol. The van der Waals surface area contributed by atoms with E-state index >= 15 is 0 Å². The Balaban J connectivity index is 0.962. The summed E-state index contributed by atoms with van der Waals surface area (Å²) >= 11 is 0. The molecule has 72 heavy (non-hydrogen) atoms. The molecule has 0 saturated carbocycles. The van der Waals surface area contributed by atoms with Crippen LogP contribution in [-0.4, -0.2) is 23.9 Å². The van der Waals surface area contributed by atoms with Crippen molar-refractivity contribution in [2.45, 2.75) is 0 Å². The minimum absolute atomic E-state index is 0.112. The zero-order valence-electron chi connectivity index (χ0n) is 39.1. The molecule has 0 fully saturated rings. The van der Waals surface area contributed by atoms with Gasteiger partial charge in [-0.2, -0.15) is 0 Å². The first-order valence-corrected chi connectivity index (χ1v) is 26.8. The van der Waals surface area contributed by atoms with Crippen LogP contribution in [0.5, 0.6) is 23.0 Å². The number of rotatable bonds is 7. The van der Waals surface area contributed by atoms with Gasteiger partial charge in [0.05, 0.1) is 33.4 Å². The van der Waals surface area contributed by atoms with Gasteiger partial charge in [0, 0.05) is 44.7 Å².